The quantitative estimate of drug-likeness (QED) is 0.685. The van der Waals surface area contributed by atoms with Gasteiger partial charge in [0.1, 0.15) is 0 Å². The van der Waals surface area contributed by atoms with E-state index in [1.165, 1.54) is 0 Å². The molecular formula is C10H20N2O. The lowest BCUT2D eigenvalue weighted by Crippen LogP contribution is -2.42. The number of amides is 1. The lowest BCUT2D eigenvalue weighted by atomic mass is 10.1. The Morgan fingerprint density at radius 3 is 2.77 bits per heavy atom. The Hall–Kier alpha value is -0.570. The van der Waals surface area contributed by atoms with Crippen LogP contribution in [-0.2, 0) is 4.79 Å². The van der Waals surface area contributed by atoms with E-state index in [4.69, 9.17) is 0 Å². The number of hydrogen-bond donors (Lipinski definition) is 2. The molecule has 1 fully saturated rings. The number of nitrogens with one attached hydrogen (secondary N) is 2. The molecule has 1 heterocycles. The first-order chi connectivity index (χ1) is 6.33. The van der Waals surface area contributed by atoms with E-state index in [0.717, 1.165) is 38.8 Å². The van der Waals surface area contributed by atoms with Gasteiger partial charge in [-0.1, -0.05) is 13.3 Å². The number of unbranched alkanes of at least 4 members (excludes halogenated alkanes) is 1. The van der Waals surface area contributed by atoms with Crippen LogP contribution >= 0.6 is 0 Å². The van der Waals surface area contributed by atoms with E-state index >= 15 is 0 Å². The zero-order chi connectivity index (χ0) is 9.52. The molecule has 0 radical (unpaired) electrons. The van der Waals surface area contributed by atoms with Gasteiger partial charge < -0.3 is 10.6 Å². The standard InChI is InChI=1S/C10H20N2O/c1-2-3-4-10(13)12-9-5-7-11-8-6-9/h9,11H,2-8H2,1H3,(H,12,13). The molecule has 0 saturated carbocycles. The zero-order valence-corrected chi connectivity index (χ0v) is 8.44. The third-order valence-corrected chi connectivity index (χ3v) is 2.46. The summed E-state index contributed by atoms with van der Waals surface area (Å²) in [7, 11) is 0. The number of hydrogen-bond acceptors (Lipinski definition) is 2. The van der Waals surface area contributed by atoms with Gasteiger partial charge in [-0.3, -0.25) is 4.79 Å². The highest BCUT2D eigenvalue weighted by Crippen LogP contribution is 2.03. The first kappa shape index (κ1) is 10.5. The predicted octanol–water partition coefficient (Wildman–Crippen LogP) is 1.04. The van der Waals surface area contributed by atoms with Gasteiger partial charge in [0.25, 0.3) is 0 Å². The van der Waals surface area contributed by atoms with Crippen molar-refractivity contribution in [2.75, 3.05) is 13.1 Å². The highest BCUT2D eigenvalue weighted by Gasteiger charge is 2.14. The van der Waals surface area contributed by atoms with Crippen molar-refractivity contribution >= 4 is 5.91 Å². The number of carbonyl (C=O) groups excluding carboxylic acids is 1. The molecule has 0 aliphatic carbocycles. The molecule has 0 aromatic rings. The molecule has 0 atom stereocenters. The molecule has 0 aromatic carbocycles. The molecule has 3 heteroatoms. The van der Waals surface area contributed by atoms with Crippen LogP contribution < -0.4 is 10.6 Å². The summed E-state index contributed by atoms with van der Waals surface area (Å²) in [5, 5.41) is 6.35. The van der Waals surface area contributed by atoms with Crippen LogP contribution in [0.1, 0.15) is 39.0 Å². The second-order valence-electron chi connectivity index (χ2n) is 3.70. The third-order valence-electron chi connectivity index (χ3n) is 2.46. The molecule has 1 amide bonds. The number of carbonyl (C=O) groups is 1. The summed E-state index contributed by atoms with van der Waals surface area (Å²) in [6.07, 6.45) is 4.96. The molecule has 1 saturated heterocycles. The zero-order valence-electron chi connectivity index (χ0n) is 8.44. The van der Waals surface area contributed by atoms with Crippen molar-refractivity contribution in [1.29, 1.82) is 0 Å². The van der Waals surface area contributed by atoms with Crippen LogP contribution in [0.3, 0.4) is 0 Å². The molecule has 2 N–H and O–H groups in total. The minimum absolute atomic E-state index is 0.230. The highest BCUT2D eigenvalue weighted by atomic mass is 16.1. The van der Waals surface area contributed by atoms with Gasteiger partial charge in [0.15, 0.2) is 0 Å². The van der Waals surface area contributed by atoms with Crippen molar-refractivity contribution in [1.82, 2.24) is 10.6 Å². The monoisotopic (exact) mass is 184 g/mol. The van der Waals surface area contributed by atoms with Crippen LogP contribution in [0.4, 0.5) is 0 Å². The van der Waals surface area contributed by atoms with Crippen LogP contribution in [0, 0.1) is 0 Å². The first-order valence-electron chi connectivity index (χ1n) is 5.33. The Kier molecular flexibility index (Phi) is 4.83. The van der Waals surface area contributed by atoms with Crippen LogP contribution in [-0.4, -0.2) is 25.0 Å². The molecule has 0 aromatic heterocycles. The summed E-state index contributed by atoms with van der Waals surface area (Å²) in [6.45, 7) is 4.19. The lowest BCUT2D eigenvalue weighted by Gasteiger charge is -2.23. The van der Waals surface area contributed by atoms with Gasteiger partial charge in [0.05, 0.1) is 0 Å². The maximum atomic E-state index is 11.3. The van der Waals surface area contributed by atoms with E-state index < -0.39 is 0 Å². The van der Waals surface area contributed by atoms with Crippen molar-refractivity contribution in [3.63, 3.8) is 0 Å². The van der Waals surface area contributed by atoms with Crippen LogP contribution in [0.2, 0.25) is 0 Å². The Labute approximate surface area is 80.3 Å². The van der Waals surface area contributed by atoms with E-state index in [2.05, 4.69) is 17.6 Å². The third kappa shape index (κ3) is 4.27. The van der Waals surface area contributed by atoms with Crippen molar-refractivity contribution in [3.8, 4) is 0 Å². The van der Waals surface area contributed by atoms with Crippen molar-refractivity contribution in [2.45, 2.75) is 45.1 Å². The van der Waals surface area contributed by atoms with Crippen molar-refractivity contribution in [3.05, 3.63) is 0 Å². The Bertz CT molecular complexity index is 153. The van der Waals surface area contributed by atoms with E-state index in [1.807, 2.05) is 0 Å². The maximum Gasteiger partial charge on any atom is 0.220 e. The van der Waals surface area contributed by atoms with Gasteiger partial charge in [-0.2, -0.15) is 0 Å². The molecule has 13 heavy (non-hydrogen) atoms. The predicted molar refractivity (Wildman–Crippen MR) is 53.6 cm³/mol. The SMILES string of the molecule is CCCCC(=O)NC1CCNCC1. The fraction of sp³-hybridized carbons (Fsp3) is 0.900. The Balaban J connectivity index is 2.11. The second kappa shape index (κ2) is 5.97. The van der Waals surface area contributed by atoms with Gasteiger partial charge in [-0.05, 0) is 32.4 Å². The average molecular weight is 184 g/mol. The van der Waals surface area contributed by atoms with E-state index in [0.29, 0.717) is 12.5 Å². The molecule has 0 bridgehead atoms. The van der Waals surface area contributed by atoms with Crippen LogP contribution in [0.25, 0.3) is 0 Å². The van der Waals surface area contributed by atoms with Crippen molar-refractivity contribution in [2.24, 2.45) is 0 Å². The molecule has 0 spiro atoms. The number of piperidine rings is 1. The normalized spacial score (nSPS) is 18.5. The summed E-state index contributed by atoms with van der Waals surface area (Å²) in [4.78, 5) is 11.3. The maximum absolute atomic E-state index is 11.3. The summed E-state index contributed by atoms with van der Waals surface area (Å²) >= 11 is 0. The van der Waals surface area contributed by atoms with E-state index in [9.17, 15) is 4.79 Å². The largest absolute Gasteiger partial charge is 0.353 e. The van der Waals surface area contributed by atoms with Crippen LogP contribution in [0.15, 0.2) is 0 Å². The van der Waals surface area contributed by atoms with E-state index in [1.54, 1.807) is 0 Å². The van der Waals surface area contributed by atoms with Gasteiger partial charge in [0.2, 0.25) is 5.91 Å². The lowest BCUT2D eigenvalue weighted by molar-refractivity contribution is -0.122. The first-order valence-corrected chi connectivity index (χ1v) is 5.33. The Morgan fingerprint density at radius 1 is 1.46 bits per heavy atom. The van der Waals surface area contributed by atoms with Crippen LogP contribution in [0.5, 0.6) is 0 Å². The Morgan fingerprint density at radius 2 is 2.15 bits per heavy atom. The topological polar surface area (TPSA) is 41.1 Å². The highest BCUT2D eigenvalue weighted by molar-refractivity contribution is 5.76. The summed E-state index contributed by atoms with van der Waals surface area (Å²) in [5.74, 6) is 0.230. The summed E-state index contributed by atoms with van der Waals surface area (Å²) in [6, 6.07) is 0.422. The fourth-order valence-electron chi connectivity index (χ4n) is 1.60. The number of rotatable bonds is 4. The molecular weight excluding hydrogens is 164 g/mol. The molecule has 1 rings (SSSR count). The minimum atomic E-state index is 0.230. The van der Waals surface area contributed by atoms with Gasteiger partial charge in [-0.25, -0.2) is 0 Å². The molecule has 76 valence electrons. The van der Waals surface area contributed by atoms with Gasteiger partial charge in [0, 0.05) is 12.5 Å². The molecule has 1 aliphatic rings. The molecule has 0 unspecified atom stereocenters. The molecule has 3 nitrogen and oxygen atoms in total. The van der Waals surface area contributed by atoms with E-state index in [-0.39, 0.29) is 5.91 Å². The van der Waals surface area contributed by atoms with Gasteiger partial charge in [-0.15, -0.1) is 0 Å². The molecule has 1 aliphatic heterocycles. The van der Waals surface area contributed by atoms with Crippen molar-refractivity contribution < 1.29 is 4.79 Å². The average Bonchev–Trinajstić information content (AvgIpc) is 2.16. The fourth-order valence-corrected chi connectivity index (χ4v) is 1.60. The minimum Gasteiger partial charge on any atom is -0.353 e. The smallest absolute Gasteiger partial charge is 0.220 e. The summed E-state index contributed by atoms with van der Waals surface area (Å²) < 4.78 is 0. The second-order valence-corrected chi connectivity index (χ2v) is 3.70. The summed E-state index contributed by atoms with van der Waals surface area (Å²) in [5.41, 5.74) is 0. The van der Waals surface area contributed by atoms with Gasteiger partial charge >= 0.3 is 0 Å².